The fourth-order valence-electron chi connectivity index (χ4n) is 2.55. The van der Waals surface area contributed by atoms with Crippen molar-refractivity contribution in [2.75, 3.05) is 0 Å². The van der Waals surface area contributed by atoms with Gasteiger partial charge < -0.3 is 4.57 Å². The van der Waals surface area contributed by atoms with Crippen LogP contribution in [0.15, 0.2) is 48.5 Å². The molecule has 2 nitrogen and oxygen atoms in total. The Morgan fingerprint density at radius 2 is 1.90 bits per heavy atom. The van der Waals surface area contributed by atoms with Crippen LogP contribution in [-0.4, -0.2) is 10.4 Å². The van der Waals surface area contributed by atoms with E-state index in [1.165, 1.54) is 19.1 Å². The van der Waals surface area contributed by atoms with Crippen molar-refractivity contribution in [2.45, 2.75) is 13.5 Å². The summed E-state index contributed by atoms with van der Waals surface area (Å²) in [5.41, 5.74) is 2.20. The van der Waals surface area contributed by atoms with Gasteiger partial charge in [-0.2, -0.15) is 0 Å². The number of ketones is 1. The standard InChI is InChI=1S/C17H13ClFNO/c1-11(21)16-14-9-13(19)7-8-15(14)20(17(16)18)10-12-5-3-2-4-6-12/h2-9H,10H2,1H3. The maximum absolute atomic E-state index is 13.5. The molecule has 0 amide bonds. The Hall–Kier alpha value is -2.13. The van der Waals surface area contributed by atoms with E-state index in [0.29, 0.717) is 22.6 Å². The summed E-state index contributed by atoms with van der Waals surface area (Å²) in [7, 11) is 0. The summed E-state index contributed by atoms with van der Waals surface area (Å²) >= 11 is 6.37. The molecule has 0 unspecified atom stereocenters. The minimum atomic E-state index is -0.376. The van der Waals surface area contributed by atoms with E-state index in [9.17, 15) is 9.18 Å². The van der Waals surface area contributed by atoms with E-state index in [1.807, 2.05) is 34.9 Å². The Bertz CT molecular complexity index is 824. The largest absolute Gasteiger partial charge is 0.327 e. The van der Waals surface area contributed by atoms with Crippen molar-refractivity contribution in [3.05, 3.63) is 70.6 Å². The fourth-order valence-corrected chi connectivity index (χ4v) is 2.94. The third-order valence-corrected chi connectivity index (χ3v) is 3.89. The van der Waals surface area contributed by atoms with Crippen molar-refractivity contribution in [1.82, 2.24) is 4.57 Å². The molecule has 3 aromatic rings. The number of carbonyl (C=O) groups excluding carboxylic acids is 1. The average molecular weight is 302 g/mol. The highest BCUT2D eigenvalue weighted by Gasteiger charge is 2.19. The lowest BCUT2D eigenvalue weighted by Crippen LogP contribution is -2.00. The molecule has 0 aliphatic carbocycles. The van der Waals surface area contributed by atoms with Gasteiger partial charge in [-0.25, -0.2) is 4.39 Å². The Morgan fingerprint density at radius 3 is 2.57 bits per heavy atom. The average Bonchev–Trinajstić information content (AvgIpc) is 2.72. The lowest BCUT2D eigenvalue weighted by Gasteiger charge is -2.07. The number of aromatic nitrogens is 1. The second-order valence-electron chi connectivity index (χ2n) is 4.96. The number of hydrogen-bond acceptors (Lipinski definition) is 1. The van der Waals surface area contributed by atoms with E-state index in [1.54, 1.807) is 6.07 Å². The zero-order chi connectivity index (χ0) is 15.0. The topological polar surface area (TPSA) is 22.0 Å². The summed E-state index contributed by atoms with van der Waals surface area (Å²) in [6.07, 6.45) is 0. The van der Waals surface area contributed by atoms with Crippen molar-refractivity contribution < 1.29 is 9.18 Å². The monoisotopic (exact) mass is 301 g/mol. The zero-order valence-corrected chi connectivity index (χ0v) is 12.2. The molecule has 1 aromatic heterocycles. The van der Waals surface area contributed by atoms with Crippen molar-refractivity contribution in [3.8, 4) is 0 Å². The molecule has 0 aliphatic heterocycles. The van der Waals surface area contributed by atoms with Crippen LogP contribution in [0, 0.1) is 5.82 Å². The minimum absolute atomic E-state index is 0.164. The maximum atomic E-state index is 13.5. The van der Waals surface area contributed by atoms with Crippen molar-refractivity contribution in [2.24, 2.45) is 0 Å². The van der Waals surface area contributed by atoms with Gasteiger partial charge in [-0.3, -0.25) is 4.79 Å². The smallest absolute Gasteiger partial charge is 0.163 e. The molecule has 0 bridgehead atoms. The quantitative estimate of drug-likeness (QED) is 0.644. The third-order valence-electron chi connectivity index (χ3n) is 3.50. The predicted octanol–water partition coefficient (Wildman–Crippen LogP) is 4.68. The van der Waals surface area contributed by atoms with Gasteiger partial charge in [0.2, 0.25) is 0 Å². The van der Waals surface area contributed by atoms with Gasteiger partial charge in [0, 0.05) is 11.9 Å². The molecule has 0 aliphatic rings. The predicted molar refractivity (Wildman–Crippen MR) is 82.5 cm³/mol. The maximum Gasteiger partial charge on any atom is 0.163 e. The molecule has 0 saturated heterocycles. The van der Waals surface area contributed by atoms with E-state index >= 15 is 0 Å². The minimum Gasteiger partial charge on any atom is -0.327 e. The summed E-state index contributed by atoms with van der Waals surface area (Å²) in [4.78, 5) is 11.8. The molecule has 1 heterocycles. The Labute approximate surface area is 126 Å². The van der Waals surface area contributed by atoms with Gasteiger partial charge in [0.15, 0.2) is 5.78 Å². The van der Waals surface area contributed by atoms with Gasteiger partial charge in [-0.1, -0.05) is 41.9 Å². The Kier molecular flexibility index (Phi) is 3.52. The molecule has 2 aromatic carbocycles. The summed E-state index contributed by atoms with van der Waals surface area (Å²) in [5, 5.41) is 0.912. The highest BCUT2D eigenvalue weighted by Crippen LogP contribution is 2.31. The van der Waals surface area contributed by atoms with E-state index in [2.05, 4.69) is 0 Å². The number of hydrogen-bond donors (Lipinski definition) is 0. The van der Waals surface area contributed by atoms with Crippen LogP contribution in [0.1, 0.15) is 22.8 Å². The van der Waals surface area contributed by atoms with E-state index < -0.39 is 0 Å². The van der Waals surface area contributed by atoms with Crippen molar-refractivity contribution >= 4 is 28.3 Å². The van der Waals surface area contributed by atoms with Crippen LogP contribution in [-0.2, 0) is 6.54 Å². The molecule has 0 radical (unpaired) electrons. The first kappa shape index (κ1) is 13.8. The molecule has 0 N–H and O–H groups in total. The summed E-state index contributed by atoms with van der Waals surface area (Å²) in [5.74, 6) is -0.541. The van der Waals surface area contributed by atoms with Crippen LogP contribution in [0.2, 0.25) is 5.15 Å². The highest BCUT2D eigenvalue weighted by molar-refractivity contribution is 6.35. The summed E-state index contributed by atoms with van der Waals surface area (Å²) in [6.45, 7) is 1.98. The molecule has 0 fully saturated rings. The molecule has 106 valence electrons. The van der Waals surface area contributed by atoms with E-state index in [4.69, 9.17) is 11.6 Å². The van der Waals surface area contributed by atoms with Crippen LogP contribution in [0.25, 0.3) is 10.9 Å². The third kappa shape index (κ3) is 2.45. The molecule has 0 atom stereocenters. The van der Waals surface area contributed by atoms with Crippen LogP contribution < -0.4 is 0 Å². The normalized spacial score (nSPS) is 11.0. The number of benzene rings is 2. The van der Waals surface area contributed by atoms with Gasteiger partial charge >= 0.3 is 0 Å². The summed E-state index contributed by atoms with van der Waals surface area (Å²) in [6, 6.07) is 14.2. The zero-order valence-electron chi connectivity index (χ0n) is 11.4. The summed E-state index contributed by atoms with van der Waals surface area (Å²) < 4.78 is 15.3. The van der Waals surface area contributed by atoms with Crippen LogP contribution in [0.5, 0.6) is 0 Å². The molecular formula is C17H13ClFNO. The first-order valence-corrected chi connectivity index (χ1v) is 6.98. The molecule has 21 heavy (non-hydrogen) atoms. The molecular weight excluding hydrogens is 289 g/mol. The lowest BCUT2D eigenvalue weighted by molar-refractivity contribution is 0.101. The van der Waals surface area contributed by atoms with Gasteiger partial charge in [-0.05, 0) is 30.7 Å². The van der Waals surface area contributed by atoms with Gasteiger partial charge in [-0.15, -0.1) is 0 Å². The molecule has 0 saturated carbocycles. The number of nitrogens with zero attached hydrogens (tertiary/aromatic N) is 1. The van der Waals surface area contributed by atoms with Crippen molar-refractivity contribution in [1.29, 1.82) is 0 Å². The van der Waals surface area contributed by atoms with E-state index in [-0.39, 0.29) is 11.6 Å². The van der Waals surface area contributed by atoms with Crippen LogP contribution in [0.4, 0.5) is 4.39 Å². The number of rotatable bonds is 3. The first-order chi connectivity index (χ1) is 10.1. The van der Waals surface area contributed by atoms with Crippen molar-refractivity contribution in [3.63, 3.8) is 0 Å². The molecule has 4 heteroatoms. The molecule has 0 spiro atoms. The van der Waals surface area contributed by atoms with Gasteiger partial charge in [0.1, 0.15) is 11.0 Å². The SMILES string of the molecule is CC(=O)c1c(Cl)n(Cc2ccccc2)c2ccc(F)cc12. The van der Waals surface area contributed by atoms with E-state index in [0.717, 1.165) is 11.1 Å². The van der Waals surface area contributed by atoms with Gasteiger partial charge in [0.05, 0.1) is 11.1 Å². The lowest BCUT2D eigenvalue weighted by atomic mass is 10.1. The second-order valence-corrected chi connectivity index (χ2v) is 5.31. The van der Waals surface area contributed by atoms with Crippen LogP contribution in [0.3, 0.4) is 0 Å². The Morgan fingerprint density at radius 1 is 1.19 bits per heavy atom. The number of halogens is 2. The van der Waals surface area contributed by atoms with Crippen LogP contribution >= 0.6 is 11.6 Å². The fraction of sp³-hybridized carbons (Fsp3) is 0.118. The molecule has 3 rings (SSSR count). The highest BCUT2D eigenvalue weighted by atomic mass is 35.5. The second kappa shape index (κ2) is 5.34. The van der Waals surface area contributed by atoms with Gasteiger partial charge in [0.25, 0.3) is 0 Å². The number of fused-ring (bicyclic) bond motifs is 1. The first-order valence-electron chi connectivity index (χ1n) is 6.60. The number of carbonyl (C=O) groups is 1. The number of Topliss-reactive ketones (excluding diaryl/α,β-unsaturated/α-hetero) is 1. The Balaban J connectivity index is 2.23.